The summed E-state index contributed by atoms with van der Waals surface area (Å²) in [4.78, 5) is 0. The highest BCUT2D eigenvalue weighted by Gasteiger charge is 2.50. The first-order valence-electron chi connectivity index (χ1n) is 7.08. The Morgan fingerprint density at radius 3 is 2.43 bits per heavy atom. The number of nitrogens with zero attached hydrogens (tertiary/aromatic N) is 2. The van der Waals surface area contributed by atoms with Crippen molar-refractivity contribution < 1.29 is 17.9 Å². The first kappa shape index (κ1) is 14.9. The molecule has 116 valence electrons. The lowest BCUT2D eigenvalue weighted by molar-refractivity contribution is -0.0671. The van der Waals surface area contributed by atoms with Gasteiger partial charge in [0.25, 0.3) is 10.2 Å². The largest absolute Gasteiger partial charge is 0.382 e. The summed E-state index contributed by atoms with van der Waals surface area (Å²) < 4.78 is 40.7. The van der Waals surface area contributed by atoms with Gasteiger partial charge in [0.1, 0.15) is 11.4 Å². The van der Waals surface area contributed by atoms with Crippen LogP contribution in [0.1, 0.15) is 25.3 Å². The van der Waals surface area contributed by atoms with Gasteiger partial charge >= 0.3 is 0 Å². The van der Waals surface area contributed by atoms with Crippen molar-refractivity contribution >= 4 is 10.2 Å². The minimum Gasteiger partial charge on any atom is -0.382 e. The molecule has 2 aliphatic heterocycles. The van der Waals surface area contributed by atoms with Crippen molar-refractivity contribution in [2.24, 2.45) is 0 Å². The van der Waals surface area contributed by atoms with Crippen molar-refractivity contribution in [2.45, 2.75) is 31.4 Å². The summed E-state index contributed by atoms with van der Waals surface area (Å²) in [5.41, 5.74) is -0.672. The molecular formula is C14H19FN2O3S. The first-order valence-corrected chi connectivity index (χ1v) is 8.48. The Morgan fingerprint density at radius 2 is 1.90 bits per heavy atom. The summed E-state index contributed by atoms with van der Waals surface area (Å²) in [6.45, 7) is 2.47. The third kappa shape index (κ3) is 2.48. The predicted octanol–water partition coefficient (Wildman–Crippen LogP) is 1.06. The van der Waals surface area contributed by atoms with E-state index in [4.69, 9.17) is 0 Å². The lowest BCUT2D eigenvalue weighted by atomic mass is 9.88. The van der Waals surface area contributed by atoms with Gasteiger partial charge in [0.15, 0.2) is 0 Å². The first-order chi connectivity index (χ1) is 9.83. The molecule has 0 aliphatic carbocycles. The Kier molecular flexibility index (Phi) is 3.56. The fourth-order valence-corrected chi connectivity index (χ4v) is 5.01. The maximum absolute atomic E-state index is 12.9. The van der Waals surface area contributed by atoms with Crippen molar-refractivity contribution in [1.82, 2.24) is 8.61 Å². The molecule has 0 bridgehead atoms. The fraction of sp³-hybridized carbons (Fsp3) is 0.571. The molecule has 0 saturated carbocycles. The van der Waals surface area contributed by atoms with Gasteiger partial charge in [0, 0.05) is 25.7 Å². The van der Waals surface area contributed by atoms with E-state index >= 15 is 0 Å². The second-order valence-corrected chi connectivity index (χ2v) is 7.80. The topological polar surface area (TPSA) is 60.9 Å². The summed E-state index contributed by atoms with van der Waals surface area (Å²) in [6.07, 6.45) is 1.74. The lowest BCUT2D eigenvalue weighted by Gasteiger charge is -2.47. The Bertz CT molecular complexity index is 626. The van der Waals surface area contributed by atoms with Crippen LogP contribution in [0.5, 0.6) is 0 Å². The van der Waals surface area contributed by atoms with Gasteiger partial charge in [0.05, 0.1) is 0 Å². The van der Waals surface area contributed by atoms with Gasteiger partial charge < -0.3 is 5.11 Å². The molecule has 1 aromatic rings. The van der Waals surface area contributed by atoms with E-state index in [9.17, 15) is 17.9 Å². The highest BCUT2D eigenvalue weighted by atomic mass is 32.2. The molecule has 21 heavy (non-hydrogen) atoms. The highest BCUT2D eigenvalue weighted by molar-refractivity contribution is 7.86. The average Bonchev–Trinajstić information content (AvgIpc) is 2.83. The van der Waals surface area contributed by atoms with E-state index in [1.165, 1.54) is 32.9 Å². The zero-order valence-electron chi connectivity index (χ0n) is 11.9. The van der Waals surface area contributed by atoms with Gasteiger partial charge in [-0.25, -0.2) is 4.39 Å². The van der Waals surface area contributed by atoms with E-state index < -0.39 is 15.8 Å². The molecule has 2 aliphatic rings. The summed E-state index contributed by atoms with van der Waals surface area (Å²) >= 11 is 0. The SMILES string of the molecule is C[C@H]1CCCN1S(=O)(=O)N1CC(O)(c2ccc(F)cc2)C1. The van der Waals surface area contributed by atoms with E-state index in [2.05, 4.69) is 0 Å². The Morgan fingerprint density at radius 1 is 1.29 bits per heavy atom. The summed E-state index contributed by atoms with van der Waals surface area (Å²) in [7, 11) is -3.51. The van der Waals surface area contributed by atoms with Gasteiger partial charge in [-0.3, -0.25) is 0 Å². The number of benzene rings is 1. The van der Waals surface area contributed by atoms with Gasteiger partial charge in [-0.2, -0.15) is 17.0 Å². The van der Waals surface area contributed by atoms with E-state index in [0.717, 1.165) is 12.8 Å². The molecule has 1 N–H and O–H groups in total. The van der Waals surface area contributed by atoms with Crippen LogP contribution in [0.2, 0.25) is 0 Å². The van der Waals surface area contributed by atoms with E-state index in [1.54, 1.807) is 0 Å². The zero-order valence-corrected chi connectivity index (χ0v) is 12.7. The molecule has 1 aromatic carbocycles. The molecule has 2 fully saturated rings. The van der Waals surface area contributed by atoms with Crippen molar-refractivity contribution in [3.8, 4) is 0 Å². The second-order valence-electron chi connectivity index (χ2n) is 5.92. The van der Waals surface area contributed by atoms with Crippen LogP contribution in [0.3, 0.4) is 0 Å². The van der Waals surface area contributed by atoms with Crippen molar-refractivity contribution in [1.29, 1.82) is 0 Å². The van der Waals surface area contributed by atoms with E-state index in [0.29, 0.717) is 12.1 Å². The molecule has 0 radical (unpaired) electrons. The quantitative estimate of drug-likeness (QED) is 0.907. The number of hydrogen-bond acceptors (Lipinski definition) is 3. The summed E-state index contributed by atoms with van der Waals surface area (Å²) in [5.74, 6) is -0.378. The van der Waals surface area contributed by atoms with E-state index in [-0.39, 0.29) is 24.9 Å². The van der Waals surface area contributed by atoms with Gasteiger partial charge in [-0.05, 0) is 37.5 Å². The third-order valence-electron chi connectivity index (χ3n) is 4.37. The van der Waals surface area contributed by atoms with Gasteiger partial charge in [0.2, 0.25) is 0 Å². The fourth-order valence-electron chi connectivity index (χ4n) is 3.04. The Hall–Kier alpha value is -1.02. The Balaban J connectivity index is 1.73. The highest BCUT2D eigenvalue weighted by Crippen LogP contribution is 2.36. The van der Waals surface area contributed by atoms with Crippen molar-refractivity contribution in [3.05, 3.63) is 35.6 Å². The van der Waals surface area contributed by atoms with Crippen LogP contribution in [-0.2, 0) is 15.8 Å². The second kappa shape index (κ2) is 5.01. The van der Waals surface area contributed by atoms with Crippen LogP contribution >= 0.6 is 0 Å². The van der Waals surface area contributed by atoms with Crippen LogP contribution in [0.4, 0.5) is 4.39 Å². The summed E-state index contributed by atoms with van der Waals surface area (Å²) in [6, 6.07) is 5.55. The standard InChI is InChI=1S/C14H19FN2O3S/c1-11-3-2-8-17(11)21(19,20)16-9-14(18,10-16)12-4-6-13(15)7-5-12/h4-7,11,18H,2-3,8-10H2,1H3/t11-/m0/s1. The van der Waals surface area contributed by atoms with Crippen LogP contribution in [-0.4, -0.2) is 47.8 Å². The number of halogens is 1. The molecule has 3 rings (SSSR count). The minimum absolute atomic E-state index is 0.00881. The molecule has 0 aromatic heterocycles. The van der Waals surface area contributed by atoms with Crippen LogP contribution in [0.15, 0.2) is 24.3 Å². The molecular weight excluding hydrogens is 295 g/mol. The lowest BCUT2D eigenvalue weighted by Crippen LogP contribution is -2.64. The van der Waals surface area contributed by atoms with Crippen LogP contribution in [0, 0.1) is 5.82 Å². The number of aliphatic hydroxyl groups is 1. The van der Waals surface area contributed by atoms with Gasteiger partial charge in [-0.1, -0.05) is 12.1 Å². The van der Waals surface area contributed by atoms with Crippen LogP contribution in [0.25, 0.3) is 0 Å². The maximum Gasteiger partial charge on any atom is 0.282 e. The van der Waals surface area contributed by atoms with Gasteiger partial charge in [-0.15, -0.1) is 0 Å². The number of hydrogen-bond donors (Lipinski definition) is 1. The third-order valence-corrected chi connectivity index (χ3v) is 6.42. The number of rotatable bonds is 3. The van der Waals surface area contributed by atoms with Crippen molar-refractivity contribution in [2.75, 3.05) is 19.6 Å². The van der Waals surface area contributed by atoms with Crippen molar-refractivity contribution in [3.63, 3.8) is 0 Å². The molecule has 0 spiro atoms. The molecule has 0 amide bonds. The smallest absolute Gasteiger partial charge is 0.282 e. The number of β-amino-alcohol motifs (C(OH)–C–C–N with tert-alkyl or cyclic N) is 1. The maximum atomic E-state index is 12.9. The van der Waals surface area contributed by atoms with Crippen LogP contribution < -0.4 is 0 Å². The molecule has 0 unspecified atom stereocenters. The minimum atomic E-state index is -3.51. The summed E-state index contributed by atoms with van der Waals surface area (Å²) in [5, 5.41) is 10.5. The monoisotopic (exact) mass is 314 g/mol. The average molecular weight is 314 g/mol. The zero-order chi connectivity index (χ0) is 15.3. The molecule has 2 heterocycles. The van der Waals surface area contributed by atoms with E-state index in [1.807, 2.05) is 6.92 Å². The molecule has 5 nitrogen and oxygen atoms in total. The predicted molar refractivity (Wildman–Crippen MR) is 76.2 cm³/mol. The molecule has 2 saturated heterocycles. The Labute approximate surface area is 124 Å². The molecule has 1 atom stereocenters. The molecule has 7 heteroatoms. The normalized spacial score (nSPS) is 26.7.